The molecule has 18 heavy (non-hydrogen) atoms. The van der Waals surface area contributed by atoms with Crippen LogP contribution in [0.5, 0.6) is 0 Å². The fraction of sp³-hybridized carbons (Fsp3) is 0.231. The minimum Gasteiger partial charge on any atom is -0.399 e. The SMILES string of the molecule is Nc1ccccc1CCC(=O)NCc1cncs1. The van der Waals surface area contributed by atoms with Gasteiger partial charge < -0.3 is 11.1 Å². The van der Waals surface area contributed by atoms with Crippen molar-refractivity contribution in [2.24, 2.45) is 0 Å². The molecule has 2 aromatic rings. The number of carbonyl (C=O) groups is 1. The van der Waals surface area contributed by atoms with Crippen molar-refractivity contribution in [1.29, 1.82) is 0 Å². The molecule has 0 fully saturated rings. The number of anilines is 1. The summed E-state index contributed by atoms with van der Waals surface area (Å²) in [5.41, 5.74) is 9.34. The van der Waals surface area contributed by atoms with Gasteiger partial charge in [-0.15, -0.1) is 11.3 Å². The number of amides is 1. The Morgan fingerprint density at radius 2 is 2.22 bits per heavy atom. The van der Waals surface area contributed by atoms with Crippen LogP contribution in [-0.2, 0) is 17.8 Å². The number of aromatic nitrogens is 1. The van der Waals surface area contributed by atoms with Gasteiger partial charge in [0, 0.05) is 23.2 Å². The largest absolute Gasteiger partial charge is 0.399 e. The van der Waals surface area contributed by atoms with Crippen LogP contribution in [0.1, 0.15) is 16.9 Å². The van der Waals surface area contributed by atoms with Gasteiger partial charge in [-0.25, -0.2) is 0 Å². The highest BCUT2D eigenvalue weighted by Gasteiger charge is 2.04. The summed E-state index contributed by atoms with van der Waals surface area (Å²) in [6, 6.07) is 7.62. The number of rotatable bonds is 5. The molecule has 0 saturated heterocycles. The summed E-state index contributed by atoms with van der Waals surface area (Å²) < 4.78 is 0. The van der Waals surface area contributed by atoms with Gasteiger partial charge in [0.25, 0.3) is 0 Å². The molecular weight excluding hydrogens is 246 g/mol. The molecule has 1 amide bonds. The first-order valence-corrected chi connectivity index (χ1v) is 6.61. The lowest BCUT2D eigenvalue weighted by atomic mass is 10.1. The van der Waals surface area contributed by atoms with E-state index in [-0.39, 0.29) is 5.91 Å². The number of hydrogen-bond acceptors (Lipinski definition) is 4. The molecule has 0 aliphatic carbocycles. The van der Waals surface area contributed by atoms with E-state index >= 15 is 0 Å². The smallest absolute Gasteiger partial charge is 0.220 e. The molecule has 2 rings (SSSR count). The lowest BCUT2D eigenvalue weighted by molar-refractivity contribution is -0.121. The van der Waals surface area contributed by atoms with Crippen LogP contribution in [0.25, 0.3) is 0 Å². The lowest BCUT2D eigenvalue weighted by Gasteiger charge is -2.05. The summed E-state index contributed by atoms with van der Waals surface area (Å²) in [6.45, 7) is 0.549. The topological polar surface area (TPSA) is 68.0 Å². The molecule has 1 aromatic heterocycles. The minimum atomic E-state index is 0.0339. The molecule has 0 aliphatic heterocycles. The normalized spacial score (nSPS) is 10.2. The molecule has 0 unspecified atom stereocenters. The van der Waals surface area contributed by atoms with Gasteiger partial charge in [-0.05, 0) is 18.1 Å². The Bertz CT molecular complexity index is 511. The predicted octanol–water partition coefficient (Wildman–Crippen LogP) is 1.97. The van der Waals surface area contributed by atoms with E-state index in [1.54, 1.807) is 11.7 Å². The molecule has 4 nitrogen and oxygen atoms in total. The number of nitrogen functional groups attached to an aromatic ring is 1. The van der Waals surface area contributed by atoms with E-state index < -0.39 is 0 Å². The Balaban J connectivity index is 1.77. The summed E-state index contributed by atoms with van der Waals surface area (Å²) >= 11 is 1.54. The molecule has 0 radical (unpaired) electrons. The molecule has 94 valence electrons. The summed E-state index contributed by atoms with van der Waals surface area (Å²) in [7, 11) is 0. The maximum absolute atomic E-state index is 11.7. The van der Waals surface area contributed by atoms with Crippen molar-refractivity contribution in [3.8, 4) is 0 Å². The highest BCUT2D eigenvalue weighted by Crippen LogP contribution is 2.12. The minimum absolute atomic E-state index is 0.0339. The van der Waals surface area contributed by atoms with E-state index in [9.17, 15) is 4.79 Å². The van der Waals surface area contributed by atoms with E-state index in [0.717, 1.165) is 16.1 Å². The van der Waals surface area contributed by atoms with Crippen molar-refractivity contribution in [1.82, 2.24) is 10.3 Å². The molecule has 3 N–H and O–H groups in total. The maximum Gasteiger partial charge on any atom is 0.220 e. The van der Waals surface area contributed by atoms with E-state index in [1.807, 2.05) is 24.3 Å². The van der Waals surface area contributed by atoms with Crippen LogP contribution in [0.15, 0.2) is 36.0 Å². The Labute approximate surface area is 110 Å². The van der Waals surface area contributed by atoms with Gasteiger partial charge in [0.2, 0.25) is 5.91 Å². The van der Waals surface area contributed by atoms with E-state index in [2.05, 4.69) is 10.3 Å². The average Bonchev–Trinajstić information content (AvgIpc) is 2.88. The summed E-state index contributed by atoms with van der Waals surface area (Å²) in [5, 5.41) is 2.87. The van der Waals surface area contributed by atoms with Gasteiger partial charge in [-0.1, -0.05) is 18.2 Å². The Morgan fingerprint density at radius 1 is 1.39 bits per heavy atom. The van der Waals surface area contributed by atoms with Crippen LogP contribution in [-0.4, -0.2) is 10.9 Å². The maximum atomic E-state index is 11.7. The first-order valence-electron chi connectivity index (χ1n) is 5.73. The fourth-order valence-electron chi connectivity index (χ4n) is 1.61. The summed E-state index contributed by atoms with van der Waals surface area (Å²) in [6.07, 6.45) is 2.88. The third kappa shape index (κ3) is 3.56. The third-order valence-corrected chi connectivity index (χ3v) is 3.40. The second kappa shape index (κ2) is 6.16. The number of carbonyl (C=O) groups excluding carboxylic acids is 1. The molecular formula is C13H15N3OS. The van der Waals surface area contributed by atoms with Crippen LogP contribution in [0.4, 0.5) is 5.69 Å². The first kappa shape index (κ1) is 12.6. The van der Waals surface area contributed by atoms with Crippen molar-refractivity contribution in [3.05, 3.63) is 46.4 Å². The molecule has 0 atom stereocenters. The number of para-hydroxylation sites is 1. The second-order valence-electron chi connectivity index (χ2n) is 3.94. The van der Waals surface area contributed by atoms with Gasteiger partial charge in [0.15, 0.2) is 0 Å². The number of nitrogens with one attached hydrogen (secondary N) is 1. The molecule has 0 bridgehead atoms. The molecule has 0 saturated carbocycles. The zero-order chi connectivity index (χ0) is 12.8. The van der Waals surface area contributed by atoms with Crippen molar-refractivity contribution in [3.63, 3.8) is 0 Å². The quantitative estimate of drug-likeness (QED) is 0.809. The Kier molecular flexibility index (Phi) is 4.30. The zero-order valence-electron chi connectivity index (χ0n) is 9.93. The van der Waals surface area contributed by atoms with Crippen molar-refractivity contribution >= 4 is 22.9 Å². The van der Waals surface area contributed by atoms with Crippen LogP contribution < -0.4 is 11.1 Å². The number of benzene rings is 1. The van der Waals surface area contributed by atoms with Gasteiger partial charge in [0.1, 0.15) is 0 Å². The number of nitrogens with zero attached hydrogens (tertiary/aromatic N) is 1. The molecule has 5 heteroatoms. The predicted molar refractivity (Wildman–Crippen MR) is 73.1 cm³/mol. The highest BCUT2D eigenvalue weighted by atomic mass is 32.1. The number of aryl methyl sites for hydroxylation is 1. The van der Waals surface area contributed by atoms with E-state index in [0.29, 0.717) is 19.4 Å². The molecule has 0 spiro atoms. The average molecular weight is 261 g/mol. The van der Waals surface area contributed by atoms with Gasteiger partial charge in [-0.3, -0.25) is 9.78 Å². The summed E-state index contributed by atoms with van der Waals surface area (Å²) in [4.78, 5) is 16.7. The van der Waals surface area contributed by atoms with Crippen molar-refractivity contribution in [2.75, 3.05) is 5.73 Å². The lowest BCUT2D eigenvalue weighted by Crippen LogP contribution is -2.22. The van der Waals surface area contributed by atoms with Crippen LogP contribution in [0.2, 0.25) is 0 Å². The van der Waals surface area contributed by atoms with Crippen LogP contribution in [0.3, 0.4) is 0 Å². The molecule has 1 aromatic carbocycles. The van der Waals surface area contributed by atoms with Crippen molar-refractivity contribution < 1.29 is 4.79 Å². The Hall–Kier alpha value is -1.88. The number of hydrogen-bond donors (Lipinski definition) is 2. The van der Waals surface area contributed by atoms with E-state index in [1.165, 1.54) is 11.3 Å². The summed E-state index contributed by atoms with van der Waals surface area (Å²) in [5.74, 6) is 0.0339. The van der Waals surface area contributed by atoms with Gasteiger partial charge in [-0.2, -0.15) is 0 Å². The molecule has 1 heterocycles. The highest BCUT2D eigenvalue weighted by molar-refractivity contribution is 7.09. The number of thiazole rings is 1. The molecule has 0 aliphatic rings. The number of nitrogens with two attached hydrogens (primary N) is 1. The van der Waals surface area contributed by atoms with E-state index in [4.69, 9.17) is 5.73 Å². The zero-order valence-corrected chi connectivity index (χ0v) is 10.7. The van der Waals surface area contributed by atoms with Gasteiger partial charge in [0.05, 0.1) is 12.1 Å². The monoisotopic (exact) mass is 261 g/mol. The fourth-order valence-corrected chi connectivity index (χ4v) is 2.15. The second-order valence-corrected chi connectivity index (χ2v) is 4.91. The third-order valence-electron chi connectivity index (χ3n) is 2.62. The van der Waals surface area contributed by atoms with Crippen molar-refractivity contribution in [2.45, 2.75) is 19.4 Å². The van der Waals surface area contributed by atoms with Crippen LogP contribution >= 0.6 is 11.3 Å². The standard InChI is InChI=1S/C13H15N3OS/c14-12-4-2-1-3-10(12)5-6-13(17)16-8-11-7-15-9-18-11/h1-4,7,9H,5-6,8,14H2,(H,16,17). The first-order chi connectivity index (χ1) is 8.75. The van der Waals surface area contributed by atoms with Crippen LogP contribution in [0, 0.1) is 0 Å². The van der Waals surface area contributed by atoms with Gasteiger partial charge >= 0.3 is 0 Å². The Morgan fingerprint density at radius 3 is 2.94 bits per heavy atom.